The first-order chi connectivity index (χ1) is 9.19. The molecule has 0 spiro atoms. The summed E-state index contributed by atoms with van der Waals surface area (Å²) in [6, 6.07) is 5.82. The van der Waals surface area contributed by atoms with Crippen LogP contribution in [0.15, 0.2) is 32.1 Å². The maximum atomic E-state index is 5.46. The van der Waals surface area contributed by atoms with Crippen LogP contribution < -0.4 is 16.6 Å². The third kappa shape index (κ3) is 5.90. The van der Waals surface area contributed by atoms with E-state index in [-0.39, 0.29) is 0 Å². The van der Waals surface area contributed by atoms with Crippen LogP contribution in [0, 0.1) is 0 Å². The summed E-state index contributed by atoms with van der Waals surface area (Å²) in [5.74, 6) is 5.97. The Balaban J connectivity index is 2.58. The summed E-state index contributed by atoms with van der Waals surface area (Å²) in [6.07, 6.45) is 0.859. The van der Waals surface area contributed by atoms with Crippen LogP contribution in [0.2, 0.25) is 0 Å². The molecular weight excluding hydrogens is 376 g/mol. The molecule has 0 radical (unpaired) electrons. The number of benzene rings is 1. The number of hydrazine groups is 1. The molecule has 0 amide bonds. The molecule has 0 bridgehead atoms. The van der Waals surface area contributed by atoms with Gasteiger partial charge < -0.3 is 10.1 Å². The third-order valence-electron chi connectivity index (χ3n) is 2.26. The Labute approximate surface area is 130 Å². The Hall–Kier alpha value is -0.630. The topological polar surface area (TPSA) is 71.7 Å². The molecule has 1 aromatic carbocycles. The minimum atomic E-state index is 0.518. The molecule has 0 atom stereocenters. The average Bonchev–Trinajstić information content (AvgIpc) is 2.40. The lowest BCUT2D eigenvalue weighted by molar-refractivity contribution is 0.146. The Bertz CT molecular complexity index is 406. The van der Waals surface area contributed by atoms with Gasteiger partial charge in [-0.3, -0.25) is 10.4 Å². The number of anilines is 1. The molecule has 0 heterocycles. The van der Waals surface area contributed by atoms with Crippen molar-refractivity contribution in [3.63, 3.8) is 0 Å². The van der Waals surface area contributed by atoms with Gasteiger partial charge >= 0.3 is 0 Å². The molecule has 7 heteroatoms. The zero-order chi connectivity index (χ0) is 14.1. The maximum absolute atomic E-state index is 5.46. The highest BCUT2D eigenvalue weighted by atomic mass is 79.9. The fourth-order valence-corrected chi connectivity index (χ4v) is 2.56. The zero-order valence-corrected chi connectivity index (χ0v) is 13.9. The molecule has 0 saturated heterocycles. The van der Waals surface area contributed by atoms with Gasteiger partial charge in [-0.15, -0.1) is 0 Å². The zero-order valence-electron chi connectivity index (χ0n) is 10.7. The predicted molar refractivity (Wildman–Crippen MR) is 86.2 cm³/mol. The maximum Gasteiger partial charge on any atom is 0.210 e. The van der Waals surface area contributed by atoms with E-state index in [9.17, 15) is 0 Å². The van der Waals surface area contributed by atoms with Gasteiger partial charge in [-0.2, -0.15) is 0 Å². The van der Waals surface area contributed by atoms with E-state index in [0.717, 1.165) is 27.7 Å². The second-order valence-electron chi connectivity index (χ2n) is 3.65. The van der Waals surface area contributed by atoms with Crippen molar-refractivity contribution in [3.8, 4) is 0 Å². The van der Waals surface area contributed by atoms with E-state index in [4.69, 9.17) is 10.6 Å². The van der Waals surface area contributed by atoms with Gasteiger partial charge in [0, 0.05) is 28.7 Å². The Kier molecular flexibility index (Phi) is 8.04. The standard InChI is InChI=1S/C12H18Br2N4O/c1-2-19-8-4-7-16-12(18-15)17-11-9(13)5-3-6-10(11)14/h3,5-6H,2,4,7-8,15H2,1H3,(H2,16,17,18). The van der Waals surface area contributed by atoms with Crippen LogP contribution in [0.3, 0.4) is 0 Å². The van der Waals surface area contributed by atoms with E-state index in [1.54, 1.807) is 0 Å². The average molecular weight is 394 g/mol. The van der Waals surface area contributed by atoms with Crippen molar-refractivity contribution < 1.29 is 4.74 Å². The summed E-state index contributed by atoms with van der Waals surface area (Å²) in [4.78, 5) is 4.34. The molecule has 1 rings (SSSR count). The molecule has 19 heavy (non-hydrogen) atoms. The van der Waals surface area contributed by atoms with Crippen LogP contribution in [-0.2, 0) is 4.74 Å². The highest BCUT2D eigenvalue weighted by molar-refractivity contribution is 9.11. The van der Waals surface area contributed by atoms with Crippen molar-refractivity contribution in [2.45, 2.75) is 13.3 Å². The van der Waals surface area contributed by atoms with Gasteiger partial charge in [-0.1, -0.05) is 6.07 Å². The number of hydrogen-bond acceptors (Lipinski definition) is 3. The van der Waals surface area contributed by atoms with Gasteiger partial charge in [-0.25, -0.2) is 5.84 Å². The molecule has 0 aromatic heterocycles. The molecule has 0 unspecified atom stereocenters. The predicted octanol–water partition coefficient (Wildman–Crippen LogP) is 2.87. The number of para-hydroxylation sites is 1. The van der Waals surface area contributed by atoms with Crippen molar-refractivity contribution in [1.82, 2.24) is 5.43 Å². The SMILES string of the molecule is CCOCCCN=C(NN)Nc1c(Br)cccc1Br. The van der Waals surface area contributed by atoms with Gasteiger partial charge in [0.25, 0.3) is 0 Å². The van der Waals surface area contributed by atoms with Gasteiger partial charge in [0.15, 0.2) is 0 Å². The quantitative estimate of drug-likeness (QED) is 0.228. The van der Waals surface area contributed by atoms with Crippen LogP contribution in [0.4, 0.5) is 5.69 Å². The second-order valence-corrected chi connectivity index (χ2v) is 5.36. The molecule has 0 aliphatic rings. The third-order valence-corrected chi connectivity index (χ3v) is 3.59. The molecule has 1 aromatic rings. The van der Waals surface area contributed by atoms with Gasteiger partial charge in [0.05, 0.1) is 5.69 Å². The van der Waals surface area contributed by atoms with Crippen LogP contribution in [0.1, 0.15) is 13.3 Å². The van der Waals surface area contributed by atoms with E-state index < -0.39 is 0 Å². The highest BCUT2D eigenvalue weighted by Crippen LogP contribution is 2.30. The number of hydrogen-bond donors (Lipinski definition) is 3. The van der Waals surface area contributed by atoms with Crippen LogP contribution >= 0.6 is 31.9 Å². The molecule has 106 valence electrons. The summed E-state index contributed by atoms with van der Waals surface area (Å²) in [5, 5.41) is 3.14. The molecule has 0 saturated carbocycles. The number of aliphatic imine (C=N–C) groups is 1. The van der Waals surface area contributed by atoms with E-state index in [0.29, 0.717) is 19.1 Å². The molecular formula is C12H18Br2N4O. The van der Waals surface area contributed by atoms with Crippen molar-refractivity contribution in [1.29, 1.82) is 0 Å². The van der Waals surface area contributed by atoms with Gasteiger partial charge in [0.1, 0.15) is 0 Å². The number of nitrogens with two attached hydrogens (primary N) is 1. The van der Waals surface area contributed by atoms with E-state index in [1.807, 2.05) is 25.1 Å². The number of guanidine groups is 1. The Morgan fingerprint density at radius 2 is 2.05 bits per heavy atom. The molecule has 4 N–H and O–H groups in total. The number of ether oxygens (including phenoxy) is 1. The number of rotatable bonds is 6. The Morgan fingerprint density at radius 3 is 2.63 bits per heavy atom. The number of nitrogens with zero attached hydrogens (tertiary/aromatic N) is 1. The molecule has 0 fully saturated rings. The van der Waals surface area contributed by atoms with Crippen LogP contribution in [0.25, 0.3) is 0 Å². The molecule has 0 aliphatic carbocycles. The first-order valence-electron chi connectivity index (χ1n) is 5.98. The normalized spacial score (nSPS) is 11.5. The lowest BCUT2D eigenvalue weighted by Crippen LogP contribution is -2.36. The van der Waals surface area contributed by atoms with Gasteiger partial charge in [-0.05, 0) is 57.3 Å². The lowest BCUT2D eigenvalue weighted by Gasteiger charge is -2.12. The molecule has 0 aliphatic heterocycles. The minimum Gasteiger partial charge on any atom is -0.382 e. The van der Waals surface area contributed by atoms with E-state index >= 15 is 0 Å². The monoisotopic (exact) mass is 392 g/mol. The number of nitrogens with one attached hydrogen (secondary N) is 2. The summed E-state index contributed by atoms with van der Waals surface area (Å²) >= 11 is 6.94. The largest absolute Gasteiger partial charge is 0.382 e. The first-order valence-corrected chi connectivity index (χ1v) is 7.57. The summed E-state index contributed by atoms with van der Waals surface area (Å²) in [7, 11) is 0. The van der Waals surface area contributed by atoms with Crippen molar-refractivity contribution in [2.75, 3.05) is 25.1 Å². The Morgan fingerprint density at radius 1 is 1.37 bits per heavy atom. The molecule has 5 nitrogen and oxygen atoms in total. The summed E-state index contributed by atoms with van der Waals surface area (Å²) < 4.78 is 7.11. The minimum absolute atomic E-state index is 0.518. The van der Waals surface area contributed by atoms with Crippen molar-refractivity contribution in [2.24, 2.45) is 10.8 Å². The van der Waals surface area contributed by atoms with Crippen molar-refractivity contribution in [3.05, 3.63) is 27.1 Å². The lowest BCUT2D eigenvalue weighted by atomic mass is 10.3. The summed E-state index contributed by atoms with van der Waals surface area (Å²) in [6.45, 7) is 4.06. The van der Waals surface area contributed by atoms with E-state index in [1.165, 1.54) is 0 Å². The van der Waals surface area contributed by atoms with Crippen molar-refractivity contribution >= 4 is 43.5 Å². The summed E-state index contributed by atoms with van der Waals surface area (Å²) in [5.41, 5.74) is 3.43. The number of halogens is 2. The van der Waals surface area contributed by atoms with Gasteiger partial charge in [0.2, 0.25) is 5.96 Å². The van der Waals surface area contributed by atoms with Crippen LogP contribution in [0.5, 0.6) is 0 Å². The fraction of sp³-hybridized carbons (Fsp3) is 0.417. The fourth-order valence-electron chi connectivity index (χ4n) is 1.36. The first kappa shape index (κ1) is 16.4. The van der Waals surface area contributed by atoms with Crippen LogP contribution in [-0.4, -0.2) is 25.7 Å². The van der Waals surface area contributed by atoms with E-state index in [2.05, 4.69) is 47.6 Å². The highest BCUT2D eigenvalue weighted by Gasteiger charge is 2.06. The second kappa shape index (κ2) is 9.30. The smallest absolute Gasteiger partial charge is 0.210 e.